The van der Waals surface area contributed by atoms with E-state index in [-0.39, 0.29) is 16.7 Å². The van der Waals surface area contributed by atoms with Gasteiger partial charge in [0.1, 0.15) is 0 Å². The van der Waals surface area contributed by atoms with Crippen molar-refractivity contribution in [2.24, 2.45) is 5.41 Å². The van der Waals surface area contributed by atoms with Crippen LogP contribution in [0.1, 0.15) is 56.5 Å². The second kappa shape index (κ2) is 4.19. The number of halogens is 3. The Morgan fingerprint density at radius 2 is 1.78 bits per heavy atom. The molecule has 0 saturated heterocycles. The molecule has 0 N–H and O–H groups in total. The van der Waals surface area contributed by atoms with Gasteiger partial charge in [0.05, 0.1) is 11.4 Å². The summed E-state index contributed by atoms with van der Waals surface area (Å²) in [5, 5.41) is 4.47. The summed E-state index contributed by atoms with van der Waals surface area (Å²) in [4.78, 5) is 0. The van der Waals surface area contributed by atoms with Gasteiger partial charge in [-0.1, -0.05) is 39.0 Å². The summed E-state index contributed by atoms with van der Waals surface area (Å²) in [7, 11) is 0. The van der Waals surface area contributed by atoms with Crippen LogP contribution in [-0.2, 0) is 11.6 Å². The molecule has 0 spiro atoms. The molecule has 2 nitrogen and oxygen atoms in total. The normalized spacial score (nSPS) is 28.2. The predicted molar refractivity (Wildman–Crippen MR) is 81.7 cm³/mol. The molecule has 1 aromatic heterocycles. The van der Waals surface area contributed by atoms with Crippen LogP contribution in [0.15, 0.2) is 30.3 Å². The Labute approximate surface area is 133 Å². The summed E-state index contributed by atoms with van der Waals surface area (Å²) in [5.41, 5.74) is 0.498. The fraction of sp³-hybridized carbons (Fsp3) is 0.500. The molecule has 1 heterocycles. The number of nitrogens with zero attached hydrogens (tertiary/aromatic N) is 2. The van der Waals surface area contributed by atoms with Crippen LogP contribution in [0.5, 0.6) is 0 Å². The molecule has 0 amide bonds. The Morgan fingerprint density at radius 1 is 1.13 bits per heavy atom. The van der Waals surface area contributed by atoms with Gasteiger partial charge < -0.3 is 0 Å². The molecule has 122 valence electrons. The Balaban J connectivity index is 2.03. The van der Waals surface area contributed by atoms with E-state index in [4.69, 9.17) is 0 Å². The zero-order chi connectivity index (χ0) is 16.6. The van der Waals surface area contributed by atoms with Gasteiger partial charge in [0, 0.05) is 11.0 Å². The maximum absolute atomic E-state index is 13.9. The van der Waals surface area contributed by atoms with Crippen molar-refractivity contribution in [3.05, 3.63) is 47.3 Å². The molecule has 1 fully saturated rings. The monoisotopic (exact) mass is 320 g/mol. The first-order valence-electron chi connectivity index (χ1n) is 7.94. The van der Waals surface area contributed by atoms with Gasteiger partial charge in [0.15, 0.2) is 5.69 Å². The van der Waals surface area contributed by atoms with Crippen molar-refractivity contribution in [2.45, 2.75) is 51.1 Å². The Bertz CT molecular complexity index is 774. The van der Waals surface area contributed by atoms with E-state index in [1.54, 1.807) is 30.3 Å². The molecule has 2 bridgehead atoms. The highest BCUT2D eigenvalue weighted by atomic mass is 19.4. The summed E-state index contributed by atoms with van der Waals surface area (Å²) < 4.78 is 42.7. The lowest BCUT2D eigenvalue weighted by Crippen LogP contribution is -2.32. The largest absolute Gasteiger partial charge is 0.433 e. The highest BCUT2D eigenvalue weighted by Gasteiger charge is 2.64. The number of alkyl halides is 3. The lowest BCUT2D eigenvalue weighted by molar-refractivity contribution is -0.143. The molecule has 1 saturated carbocycles. The minimum absolute atomic E-state index is 0.0726. The molecule has 0 radical (unpaired) electrons. The number of hydrogen-bond acceptors (Lipinski definition) is 1. The first kappa shape index (κ1) is 14.8. The van der Waals surface area contributed by atoms with E-state index in [1.807, 2.05) is 0 Å². The van der Waals surface area contributed by atoms with Crippen molar-refractivity contribution < 1.29 is 13.2 Å². The number of para-hydroxylation sites is 1. The van der Waals surface area contributed by atoms with E-state index in [0.717, 1.165) is 17.5 Å². The third kappa shape index (κ3) is 1.68. The van der Waals surface area contributed by atoms with E-state index >= 15 is 0 Å². The summed E-state index contributed by atoms with van der Waals surface area (Å²) in [5.74, 6) is -0.0726. The quantitative estimate of drug-likeness (QED) is 0.717. The van der Waals surface area contributed by atoms with Crippen LogP contribution in [0.2, 0.25) is 0 Å². The third-order valence-corrected chi connectivity index (χ3v) is 6.29. The van der Waals surface area contributed by atoms with Crippen LogP contribution < -0.4 is 0 Å². The number of benzene rings is 1. The van der Waals surface area contributed by atoms with E-state index in [1.165, 1.54) is 0 Å². The van der Waals surface area contributed by atoms with Crippen LogP contribution in [0.25, 0.3) is 5.69 Å². The lowest BCUT2D eigenvalue weighted by atomic mass is 9.70. The number of hydrogen-bond donors (Lipinski definition) is 0. The summed E-state index contributed by atoms with van der Waals surface area (Å²) in [6, 6.07) is 8.62. The van der Waals surface area contributed by atoms with E-state index in [9.17, 15) is 13.2 Å². The van der Waals surface area contributed by atoms with Gasteiger partial charge in [-0.15, -0.1) is 0 Å². The van der Waals surface area contributed by atoms with Crippen molar-refractivity contribution in [2.75, 3.05) is 0 Å². The van der Waals surface area contributed by atoms with Crippen molar-refractivity contribution in [1.82, 2.24) is 9.78 Å². The summed E-state index contributed by atoms with van der Waals surface area (Å²) in [6.07, 6.45) is -2.70. The molecule has 4 rings (SSSR count). The molecule has 2 atom stereocenters. The van der Waals surface area contributed by atoms with E-state index in [2.05, 4.69) is 25.9 Å². The van der Waals surface area contributed by atoms with Gasteiger partial charge >= 0.3 is 6.18 Å². The minimum atomic E-state index is -4.41. The highest BCUT2D eigenvalue weighted by Crippen LogP contribution is 2.68. The molecule has 5 heteroatoms. The molecule has 0 aliphatic heterocycles. The first-order valence-corrected chi connectivity index (χ1v) is 7.94. The maximum atomic E-state index is 13.9. The van der Waals surface area contributed by atoms with Crippen molar-refractivity contribution in [1.29, 1.82) is 0 Å². The van der Waals surface area contributed by atoms with Crippen LogP contribution in [0.4, 0.5) is 13.2 Å². The van der Waals surface area contributed by atoms with Crippen molar-refractivity contribution >= 4 is 0 Å². The van der Waals surface area contributed by atoms with Crippen LogP contribution in [0.3, 0.4) is 0 Å². The van der Waals surface area contributed by atoms with Crippen LogP contribution >= 0.6 is 0 Å². The molecule has 1 aromatic carbocycles. The molecule has 2 aliphatic rings. The molecular formula is C18H19F3N2. The second-order valence-electron chi connectivity index (χ2n) is 7.50. The second-order valence-corrected chi connectivity index (χ2v) is 7.50. The van der Waals surface area contributed by atoms with Gasteiger partial charge in [0.2, 0.25) is 0 Å². The van der Waals surface area contributed by atoms with Crippen molar-refractivity contribution in [3.8, 4) is 5.69 Å². The van der Waals surface area contributed by atoms with E-state index < -0.39 is 11.9 Å². The number of aromatic nitrogens is 2. The van der Waals surface area contributed by atoms with Gasteiger partial charge in [-0.3, -0.25) is 0 Å². The fourth-order valence-corrected chi connectivity index (χ4v) is 4.63. The Morgan fingerprint density at radius 3 is 2.39 bits per heavy atom. The molecule has 0 unspecified atom stereocenters. The minimum Gasteiger partial charge on any atom is -0.228 e. The molecule has 2 aliphatic carbocycles. The van der Waals surface area contributed by atoms with Crippen molar-refractivity contribution in [3.63, 3.8) is 0 Å². The zero-order valence-electron chi connectivity index (χ0n) is 13.4. The van der Waals surface area contributed by atoms with Gasteiger partial charge in [-0.05, 0) is 36.3 Å². The lowest BCUT2D eigenvalue weighted by Gasteiger charge is -2.34. The summed E-state index contributed by atoms with van der Waals surface area (Å²) >= 11 is 0. The van der Waals surface area contributed by atoms with Gasteiger partial charge in [-0.25, -0.2) is 4.68 Å². The Kier molecular flexibility index (Phi) is 2.69. The average molecular weight is 320 g/mol. The predicted octanol–water partition coefficient (Wildman–Crippen LogP) is 5.07. The Hall–Kier alpha value is -1.78. The van der Waals surface area contributed by atoms with Crippen LogP contribution in [0, 0.1) is 5.41 Å². The third-order valence-electron chi connectivity index (χ3n) is 6.29. The fourth-order valence-electron chi connectivity index (χ4n) is 4.63. The van der Waals surface area contributed by atoms with Crippen LogP contribution in [-0.4, -0.2) is 9.78 Å². The first-order chi connectivity index (χ1) is 10.7. The zero-order valence-corrected chi connectivity index (χ0v) is 13.4. The molecule has 2 aromatic rings. The number of fused-ring (bicyclic) bond motifs is 5. The van der Waals surface area contributed by atoms with Gasteiger partial charge in [0.25, 0.3) is 0 Å². The topological polar surface area (TPSA) is 17.8 Å². The standard InChI is InChI=1S/C18H19F3N2/c1-16(2)12-9-10-17(16,3)14-13(12)15(18(19,20)21)23(22-14)11-7-5-4-6-8-11/h4-8,12H,9-10H2,1-3H3/t12-,17+/m1/s1. The molecule has 23 heavy (non-hydrogen) atoms. The maximum Gasteiger partial charge on any atom is 0.433 e. The molecular weight excluding hydrogens is 301 g/mol. The SMILES string of the molecule is CC1(C)[C@@H]2CC[C@@]1(C)c1nn(-c3ccccc3)c(C(F)(F)F)c12. The average Bonchev–Trinajstić information content (AvgIpc) is 3.03. The number of rotatable bonds is 1. The van der Waals surface area contributed by atoms with E-state index in [0.29, 0.717) is 16.9 Å². The summed E-state index contributed by atoms with van der Waals surface area (Å²) in [6.45, 7) is 6.24. The smallest absolute Gasteiger partial charge is 0.228 e. The van der Waals surface area contributed by atoms with Gasteiger partial charge in [-0.2, -0.15) is 18.3 Å². The highest BCUT2D eigenvalue weighted by molar-refractivity contribution is 5.51.